The van der Waals surface area contributed by atoms with Gasteiger partial charge in [-0.3, -0.25) is 9.20 Å². The number of aliphatic hydroxyl groups is 1. The lowest BCUT2D eigenvalue weighted by molar-refractivity contribution is -0.117. The number of imidazole rings is 1. The first kappa shape index (κ1) is 14.6. The summed E-state index contributed by atoms with van der Waals surface area (Å²) in [5.41, 5.74) is 0.710. The number of carbonyl (C=O) groups excluding carboxylic acids is 1. The summed E-state index contributed by atoms with van der Waals surface area (Å²) in [4.78, 5) is 17.0. The predicted octanol–water partition coefficient (Wildman–Crippen LogP) is 2.48. The third kappa shape index (κ3) is 3.28. The van der Waals surface area contributed by atoms with Crippen molar-refractivity contribution in [3.05, 3.63) is 28.5 Å². The Hall–Kier alpha value is -1.37. The molecular weight excluding hydrogens is 310 g/mol. The van der Waals surface area contributed by atoms with Crippen LogP contribution in [-0.4, -0.2) is 32.5 Å². The van der Waals surface area contributed by atoms with Crippen molar-refractivity contribution in [2.75, 3.05) is 0 Å². The van der Waals surface area contributed by atoms with Crippen LogP contribution >= 0.6 is 22.9 Å². The molecule has 0 aliphatic heterocycles. The molecule has 0 saturated heterocycles. The van der Waals surface area contributed by atoms with E-state index in [0.717, 1.165) is 30.6 Å². The maximum absolute atomic E-state index is 11.9. The van der Waals surface area contributed by atoms with Crippen LogP contribution in [0.3, 0.4) is 0 Å². The van der Waals surface area contributed by atoms with Gasteiger partial charge in [0, 0.05) is 23.7 Å². The molecule has 0 aromatic carbocycles. The first-order chi connectivity index (χ1) is 10.1. The Morgan fingerprint density at radius 1 is 1.48 bits per heavy atom. The van der Waals surface area contributed by atoms with Gasteiger partial charge < -0.3 is 10.4 Å². The van der Waals surface area contributed by atoms with E-state index in [1.165, 1.54) is 17.4 Å². The number of amides is 1. The van der Waals surface area contributed by atoms with Crippen molar-refractivity contribution >= 4 is 39.9 Å². The normalized spacial score (nSPS) is 23.0. The molecule has 7 heteroatoms. The monoisotopic (exact) mass is 325 g/mol. The van der Waals surface area contributed by atoms with Gasteiger partial charge in [0.2, 0.25) is 5.91 Å². The summed E-state index contributed by atoms with van der Waals surface area (Å²) in [5.74, 6) is -0.141. The van der Waals surface area contributed by atoms with Crippen LogP contribution < -0.4 is 5.32 Å². The van der Waals surface area contributed by atoms with E-state index in [9.17, 15) is 9.90 Å². The molecule has 21 heavy (non-hydrogen) atoms. The van der Waals surface area contributed by atoms with Gasteiger partial charge in [-0.15, -0.1) is 11.3 Å². The average molecular weight is 326 g/mol. The fourth-order valence-corrected chi connectivity index (χ4v) is 3.56. The molecular formula is C14H16ClN3O2S. The van der Waals surface area contributed by atoms with E-state index in [-0.39, 0.29) is 18.1 Å². The van der Waals surface area contributed by atoms with E-state index in [2.05, 4.69) is 10.3 Å². The minimum Gasteiger partial charge on any atom is -0.393 e. The van der Waals surface area contributed by atoms with Gasteiger partial charge >= 0.3 is 0 Å². The predicted molar refractivity (Wildman–Crippen MR) is 83.5 cm³/mol. The van der Waals surface area contributed by atoms with E-state index < -0.39 is 0 Å². The van der Waals surface area contributed by atoms with E-state index in [4.69, 9.17) is 11.6 Å². The van der Waals surface area contributed by atoms with Crippen LogP contribution in [-0.2, 0) is 4.79 Å². The molecule has 1 saturated carbocycles. The Morgan fingerprint density at radius 2 is 2.24 bits per heavy atom. The molecule has 1 fully saturated rings. The number of aromatic nitrogens is 2. The molecule has 2 N–H and O–H groups in total. The van der Waals surface area contributed by atoms with Crippen molar-refractivity contribution in [3.8, 4) is 0 Å². The lowest BCUT2D eigenvalue weighted by Gasteiger charge is -2.25. The highest BCUT2D eigenvalue weighted by atomic mass is 35.5. The second-order valence-corrected chi connectivity index (χ2v) is 6.42. The molecule has 1 amide bonds. The molecule has 2 aromatic heterocycles. The van der Waals surface area contributed by atoms with Gasteiger partial charge in [-0.2, -0.15) is 0 Å². The highest BCUT2D eigenvalue weighted by Gasteiger charge is 2.20. The standard InChI is InChI=1S/C14H16ClN3O2S/c15-13-11(18-7-8-21-14(18)17-13)5-6-12(20)16-9-1-3-10(19)4-2-9/h5-10,19H,1-4H2,(H,16,20). The molecule has 3 rings (SSSR count). The van der Waals surface area contributed by atoms with Crippen LogP contribution in [0.4, 0.5) is 0 Å². The molecule has 0 radical (unpaired) electrons. The Labute approximate surface area is 131 Å². The number of nitrogens with one attached hydrogen (secondary N) is 1. The number of aliphatic hydroxyl groups excluding tert-OH is 1. The Morgan fingerprint density at radius 3 is 3.00 bits per heavy atom. The zero-order valence-corrected chi connectivity index (χ0v) is 12.9. The lowest BCUT2D eigenvalue weighted by Crippen LogP contribution is -2.37. The zero-order chi connectivity index (χ0) is 14.8. The molecule has 1 aliphatic carbocycles. The second-order valence-electron chi connectivity index (χ2n) is 5.19. The van der Waals surface area contributed by atoms with E-state index in [1.54, 1.807) is 6.08 Å². The van der Waals surface area contributed by atoms with E-state index in [1.807, 2.05) is 16.0 Å². The van der Waals surface area contributed by atoms with Gasteiger partial charge in [0.25, 0.3) is 0 Å². The summed E-state index contributed by atoms with van der Waals surface area (Å²) in [7, 11) is 0. The van der Waals surface area contributed by atoms with Gasteiger partial charge in [0.15, 0.2) is 10.1 Å². The maximum atomic E-state index is 11.9. The summed E-state index contributed by atoms with van der Waals surface area (Å²) < 4.78 is 1.85. The smallest absolute Gasteiger partial charge is 0.244 e. The molecule has 0 atom stereocenters. The van der Waals surface area contributed by atoms with Crippen LogP contribution in [0.1, 0.15) is 31.4 Å². The van der Waals surface area contributed by atoms with Gasteiger partial charge in [0.1, 0.15) is 0 Å². The highest BCUT2D eigenvalue weighted by molar-refractivity contribution is 7.15. The first-order valence-corrected chi connectivity index (χ1v) is 8.17. The Kier molecular flexibility index (Phi) is 4.28. The summed E-state index contributed by atoms with van der Waals surface area (Å²) in [6.45, 7) is 0. The number of halogens is 1. The lowest BCUT2D eigenvalue weighted by atomic mass is 9.93. The fraction of sp³-hybridized carbons (Fsp3) is 0.429. The quantitative estimate of drug-likeness (QED) is 0.852. The first-order valence-electron chi connectivity index (χ1n) is 6.91. The molecule has 2 aromatic rings. The number of rotatable bonds is 3. The van der Waals surface area contributed by atoms with Gasteiger partial charge in [-0.05, 0) is 31.8 Å². The number of hydrogen-bond donors (Lipinski definition) is 2. The molecule has 1 aliphatic rings. The third-order valence-electron chi connectivity index (χ3n) is 3.69. The number of carbonyl (C=O) groups is 1. The fourth-order valence-electron chi connectivity index (χ4n) is 2.55. The Bertz CT molecular complexity index is 671. The molecule has 5 nitrogen and oxygen atoms in total. The van der Waals surface area contributed by atoms with Crippen LogP contribution in [0, 0.1) is 0 Å². The van der Waals surface area contributed by atoms with Crippen molar-refractivity contribution in [1.82, 2.24) is 14.7 Å². The zero-order valence-electron chi connectivity index (χ0n) is 11.3. The van der Waals surface area contributed by atoms with Gasteiger partial charge in [-0.25, -0.2) is 4.98 Å². The summed E-state index contributed by atoms with van der Waals surface area (Å²) >= 11 is 7.56. The number of hydrogen-bond acceptors (Lipinski definition) is 4. The van der Waals surface area contributed by atoms with Crippen LogP contribution in [0.2, 0.25) is 5.15 Å². The highest BCUT2D eigenvalue weighted by Crippen LogP contribution is 2.22. The van der Waals surface area contributed by atoms with Crippen molar-refractivity contribution in [2.24, 2.45) is 0 Å². The van der Waals surface area contributed by atoms with Crippen LogP contribution in [0.15, 0.2) is 17.7 Å². The topological polar surface area (TPSA) is 66.6 Å². The SMILES string of the molecule is O=C(C=Cc1c(Cl)nc2sccn12)NC1CCC(O)CC1. The Balaban J connectivity index is 1.64. The third-order valence-corrected chi connectivity index (χ3v) is 4.72. The largest absolute Gasteiger partial charge is 0.393 e. The summed E-state index contributed by atoms with van der Waals surface area (Å²) in [5, 5.41) is 14.7. The van der Waals surface area contributed by atoms with E-state index >= 15 is 0 Å². The average Bonchev–Trinajstić information content (AvgIpc) is 3.00. The minimum atomic E-state index is -0.217. The summed E-state index contributed by atoms with van der Waals surface area (Å²) in [6.07, 6.45) is 7.97. The molecule has 0 bridgehead atoms. The summed E-state index contributed by atoms with van der Waals surface area (Å²) in [6, 6.07) is 0.146. The molecule has 112 valence electrons. The van der Waals surface area contributed by atoms with Crippen molar-refractivity contribution in [1.29, 1.82) is 0 Å². The molecule has 0 unspecified atom stereocenters. The van der Waals surface area contributed by atoms with Gasteiger partial charge in [-0.1, -0.05) is 11.6 Å². The maximum Gasteiger partial charge on any atom is 0.244 e. The van der Waals surface area contributed by atoms with E-state index in [0.29, 0.717) is 10.8 Å². The van der Waals surface area contributed by atoms with Crippen molar-refractivity contribution < 1.29 is 9.90 Å². The van der Waals surface area contributed by atoms with Gasteiger partial charge in [0.05, 0.1) is 11.8 Å². The van der Waals surface area contributed by atoms with Crippen LogP contribution in [0.5, 0.6) is 0 Å². The number of thiazole rings is 1. The minimum absolute atomic E-state index is 0.141. The van der Waals surface area contributed by atoms with Crippen molar-refractivity contribution in [3.63, 3.8) is 0 Å². The second kappa shape index (κ2) is 6.17. The molecule has 2 heterocycles. The number of nitrogens with zero attached hydrogens (tertiary/aromatic N) is 2. The van der Waals surface area contributed by atoms with Crippen LogP contribution in [0.25, 0.3) is 11.0 Å². The molecule has 0 spiro atoms. The number of fused-ring (bicyclic) bond motifs is 1. The van der Waals surface area contributed by atoms with Crippen molar-refractivity contribution in [2.45, 2.75) is 37.8 Å².